The molecule has 0 spiro atoms. The van der Waals surface area contributed by atoms with E-state index >= 15 is 0 Å². The minimum Gasteiger partial charge on any atom is -0.545 e. The van der Waals surface area contributed by atoms with E-state index < -0.39 is 24.3 Å². The van der Waals surface area contributed by atoms with E-state index in [0.717, 1.165) is 103 Å². The number of carbonyl (C=O) groups is 3. The van der Waals surface area contributed by atoms with Crippen LogP contribution in [-0.2, 0) is 33.3 Å². The van der Waals surface area contributed by atoms with Crippen molar-refractivity contribution in [3.05, 3.63) is 109 Å². The van der Waals surface area contributed by atoms with Crippen molar-refractivity contribution in [1.29, 1.82) is 0 Å². The molecule has 0 amide bonds. The second-order valence-electron chi connectivity index (χ2n) is 29.4. The van der Waals surface area contributed by atoms with Gasteiger partial charge < -0.3 is 33.3 Å². The molecule has 2 unspecified atom stereocenters. The van der Waals surface area contributed by atoms with E-state index in [2.05, 4.69) is 123 Å². The van der Waals surface area contributed by atoms with Gasteiger partial charge in [-0.05, 0) is 83.5 Å². The highest BCUT2D eigenvalue weighted by molar-refractivity contribution is 5.70. The number of esters is 2. The van der Waals surface area contributed by atoms with Gasteiger partial charge in [0.2, 0.25) is 0 Å². The Labute approximate surface area is 613 Å². The molecule has 0 bridgehead atoms. The third-order valence-corrected chi connectivity index (χ3v) is 18.5. The quantitative estimate of drug-likeness (QED) is 0.0195. The zero-order valence-corrected chi connectivity index (χ0v) is 65.6. The third-order valence-electron chi connectivity index (χ3n) is 18.5. The minimum atomic E-state index is -1.63. The zero-order valence-electron chi connectivity index (χ0n) is 65.6. The Balaban J connectivity index is 4.02. The topological polar surface area (TPSA) is 111 Å². The van der Waals surface area contributed by atoms with Crippen molar-refractivity contribution in [3.63, 3.8) is 0 Å². The van der Waals surface area contributed by atoms with Crippen molar-refractivity contribution in [3.8, 4) is 0 Å². The molecule has 9 heteroatoms. The number of allylic oxidation sites excluding steroid dienone is 18. The molecule has 0 fully saturated rings. The van der Waals surface area contributed by atoms with Crippen LogP contribution in [0.1, 0.15) is 386 Å². The molecule has 0 aliphatic rings. The number of likely N-dealkylation sites (N-methyl/N-ethyl adjacent to an activating group) is 1. The Morgan fingerprint density at radius 2 is 0.576 bits per heavy atom. The van der Waals surface area contributed by atoms with Crippen molar-refractivity contribution < 1.29 is 42.9 Å². The van der Waals surface area contributed by atoms with Gasteiger partial charge in [-0.3, -0.25) is 9.59 Å². The van der Waals surface area contributed by atoms with Gasteiger partial charge in [0.05, 0.1) is 40.3 Å². The number of ether oxygens (including phenoxy) is 4. The van der Waals surface area contributed by atoms with Crippen molar-refractivity contribution in [2.75, 3.05) is 47.5 Å². The number of unbranched alkanes of at least 4 members (excludes halogenated alkanes) is 45. The number of carboxylic acid groups (broad SMARTS) is 1. The molecule has 0 aromatic carbocycles. The minimum absolute atomic E-state index is 0.144. The molecule has 9 nitrogen and oxygen atoms in total. The molecular weight excluding hydrogens is 1220 g/mol. The van der Waals surface area contributed by atoms with E-state index in [9.17, 15) is 19.5 Å². The summed E-state index contributed by atoms with van der Waals surface area (Å²) in [5.74, 6) is -2.28. The fraction of sp³-hybridized carbons (Fsp3) is 0.767. The van der Waals surface area contributed by atoms with Crippen molar-refractivity contribution in [2.45, 2.75) is 399 Å². The highest BCUT2D eigenvalue weighted by Crippen LogP contribution is 2.20. The van der Waals surface area contributed by atoms with E-state index in [1.807, 2.05) is 21.1 Å². The van der Waals surface area contributed by atoms with E-state index in [0.29, 0.717) is 23.9 Å². The monoisotopic (exact) mass is 1380 g/mol. The first kappa shape index (κ1) is 94.9. The average molecular weight is 1380 g/mol. The molecule has 0 aromatic heterocycles. The first-order chi connectivity index (χ1) is 48.6. The van der Waals surface area contributed by atoms with Gasteiger partial charge in [-0.25, -0.2) is 0 Å². The van der Waals surface area contributed by atoms with Gasteiger partial charge in [-0.15, -0.1) is 0 Å². The number of aliphatic carboxylic acids is 1. The lowest BCUT2D eigenvalue weighted by Crippen LogP contribution is -2.44. The largest absolute Gasteiger partial charge is 0.545 e. The maximum atomic E-state index is 13.0. The molecule has 0 aliphatic heterocycles. The van der Waals surface area contributed by atoms with Crippen LogP contribution < -0.4 is 5.11 Å². The Bertz CT molecular complexity index is 2000. The Hall–Kier alpha value is -4.05. The van der Waals surface area contributed by atoms with E-state index in [4.69, 9.17) is 18.9 Å². The maximum Gasteiger partial charge on any atom is 0.306 e. The molecule has 99 heavy (non-hydrogen) atoms. The first-order valence-corrected chi connectivity index (χ1v) is 42.0. The standard InChI is InChI=1S/C90H159NO8/c1-6-8-10-12-14-16-18-20-22-24-26-28-30-32-34-36-38-40-42-44-46-48-50-52-54-56-58-60-62-64-66-68-70-72-74-76-78-80-87(92)97-84-86(85-98-90(89(94)95)96-83-82-91(3,4)5)99-88(93)81-79-77-75-73-71-69-67-65-63-61-59-57-55-53-51-49-47-45-43-41-39-37-35-33-31-29-27-25-23-21-19-17-15-13-11-9-7-2/h9,11,15,17,21,23,27,29,33,35,39,41,45,47,51,53,57,59,86,90H,6-8,10,12-14,16,18-20,22,24-26,28,30-32,34,36-38,40,42-44,46,48-50,52,54-56,58,60-85H2,1-5H3/b11-9-,17-15-,23-21-,29-27-,35-33-,41-39-,47-45-,53-51-,59-57-. The summed E-state index contributed by atoms with van der Waals surface area (Å²) in [6.45, 7) is 4.68. The molecule has 0 N–H and O–H groups in total. The second-order valence-corrected chi connectivity index (χ2v) is 29.4. The number of nitrogens with zero attached hydrogens (tertiary/aromatic N) is 1. The van der Waals surface area contributed by atoms with Crippen LogP contribution in [0, 0.1) is 0 Å². The molecule has 0 heterocycles. The molecule has 2 atom stereocenters. The van der Waals surface area contributed by atoms with Crippen LogP contribution in [0.25, 0.3) is 0 Å². The summed E-state index contributed by atoms with van der Waals surface area (Å²) >= 11 is 0. The summed E-state index contributed by atoms with van der Waals surface area (Å²) < 4.78 is 22.9. The smallest absolute Gasteiger partial charge is 0.306 e. The maximum absolute atomic E-state index is 13.0. The molecule has 0 rings (SSSR count). The van der Waals surface area contributed by atoms with Crippen LogP contribution in [0.4, 0.5) is 0 Å². The van der Waals surface area contributed by atoms with Crippen molar-refractivity contribution in [1.82, 2.24) is 0 Å². The van der Waals surface area contributed by atoms with E-state index in [1.54, 1.807) is 0 Å². The van der Waals surface area contributed by atoms with Gasteiger partial charge in [-0.1, -0.05) is 399 Å². The number of carboxylic acids is 1. The van der Waals surface area contributed by atoms with Crippen molar-refractivity contribution >= 4 is 17.9 Å². The first-order valence-electron chi connectivity index (χ1n) is 42.0. The van der Waals surface area contributed by atoms with Gasteiger partial charge >= 0.3 is 11.9 Å². The fourth-order valence-electron chi connectivity index (χ4n) is 12.2. The molecule has 0 radical (unpaired) electrons. The SMILES string of the molecule is CC/C=C\C/C=C\C/C=C\C/C=C\C/C=C\C/C=C\C/C=C\C/C=C\C/C=C\CCCCCCCCCCCC(=O)OC(COC(=O)CCCCCCCCCCCCCCCCCCCCCCCCCCCCCCCCCCCCCCC)COC(OCC[N+](C)(C)C)C(=O)[O-]. The van der Waals surface area contributed by atoms with Crippen LogP contribution in [0.3, 0.4) is 0 Å². The van der Waals surface area contributed by atoms with Crippen LogP contribution >= 0.6 is 0 Å². The lowest BCUT2D eigenvalue weighted by Gasteiger charge is -2.26. The summed E-state index contributed by atoms with van der Waals surface area (Å²) in [5, 5.41) is 11.9. The van der Waals surface area contributed by atoms with Crippen molar-refractivity contribution in [2.24, 2.45) is 0 Å². The summed E-state index contributed by atoms with van der Waals surface area (Å²) in [6, 6.07) is 0. The van der Waals surface area contributed by atoms with Crippen LogP contribution in [0.5, 0.6) is 0 Å². The number of hydrogen-bond acceptors (Lipinski definition) is 8. The van der Waals surface area contributed by atoms with Crippen LogP contribution in [0.2, 0.25) is 0 Å². The lowest BCUT2D eigenvalue weighted by atomic mass is 10.0. The molecule has 0 aromatic rings. The normalized spacial score (nSPS) is 13.2. The van der Waals surface area contributed by atoms with Crippen LogP contribution in [-0.4, -0.2) is 82.3 Å². The van der Waals surface area contributed by atoms with E-state index in [1.165, 1.54) is 250 Å². The van der Waals surface area contributed by atoms with Gasteiger partial charge in [0, 0.05) is 12.8 Å². The van der Waals surface area contributed by atoms with Crippen LogP contribution in [0.15, 0.2) is 109 Å². The van der Waals surface area contributed by atoms with Gasteiger partial charge in [0.15, 0.2) is 12.4 Å². The summed E-state index contributed by atoms with van der Waals surface area (Å²) in [4.78, 5) is 37.6. The highest BCUT2D eigenvalue weighted by atomic mass is 16.7. The highest BCUT2D eigenvalue weighted by Gasteiger charge is 2.22. The Morgan fingerprint density at radius 1 is 0.313 bits per heavy atom. The molecule has 0 saturated carbocycles. The predicted octanol–water partition coefficient (Wildman–Crippen LogP) is 25.9. The predicted molar refractivity (Wildman–Crippen MR) is 426 cm³/mol. The third kappa shape index (κ3) is 81.1. The molecule has 572 valence electrons. The van der Waals surface area contributed by atoms with Gasteiger partial charge in [-0.2, -0.15) is 0 Å². The van der Waals surface area contributed by atoms with Gasteiger partial charge in [0.1, 0.15) is 13.2 Å². The number of carbonyl (C=O) groups excluding carboxylic acids is 3. The second kappa shape index (κ2) is 79.6. The number of hydrogen-bond donors (Lipinski definition) is 0. The summed E-state index contributed by atoms with van der Waals surface area (Å²) in [5.41, 5.74) is 0. The Kier molecular flexibility index (Phi) is 76.4. The molecule has 0 aliphatic carbocycles. The zero-order chi connectivity index (χ0) is 71.8. The Morgan fingerprint density at radius 3 is 0.859 bits per heavy atom. The number of rotatable bonds is 78. The molecule has 0 saturated heterocycles. The molecular formula is C90H159NO8. The lowest BCUT2D eigenvalue weighted by molar-refractivity contribution is -0.870. The average Bonchev–Trinajstić information content (AvgIpc) is 2.19. The van der Waals surface area contributed by atoms with Gasteiger partial charge in [0.25, 0.3) is 0 Å². The summed E-state index contributed by atoms with van der Waals surface area (Å²) in [6.07, 6.45) is 109. The number of quaternary nitrogens is 1. The summed E-state index contributed by atoms with van der Waals surface area (Å²) in [7, 11) is 5.94. The fourth-order valence-corrected chi connectivity index (χ4v) is 12.2. The van der Waals surface area contributed by atoms with E-state index in [-0.39, 0.29) is 32.2 Å².